The topological polar surface area (TPSA) is 24.9 Å². The summed E-state index contributed by atoms with van der Waals surface area (Å²) in [6, 6.07) is 0.913. The van der Waals surface area contributed by atoms with E-state index in [-0.39, 0.29) is 0 Å². The predicted octanol–water partition coefficient (Wildman–Crippen LogP) is 2.84. The molecule has 74 valence electrons. The number of hydrogen-bond acceptors (Lipinski definition) is 3. The van der Waals surface area contributed by atoms with Crippen LogP contribution in [0.2, 0.25) is 0 Å². The molecule has 0 spiro atoms. The standard InChI is InChI=1S/C10H18N2S/c1-7(2)8(3)12-9(4)10-11-5-6-13-10/h5-9,12H,1-4H3. The molecule has 0 saturated carbocycles. The Morgan fingerprint density at radius 3 is 2.46 bits per heavy atom. The Bertz CT molecular complexity index is 231. The molecule has 0 aliphatic heterocycles. The van der Waals surface area contributed by atoms with Crippen LogP contribution < -0.4 is 5.32 Å². The van der Waals surface area contributed by atoms with Crippen molar-refractivity contribution in [3.05, 3.63) is 16.6 Å². The Morgan fingerprint density at radius 1 is 1.31 bits per heavy atom. The summed E-state index contributed by atoms with van der Waals surface area (Å²) in [4.78, 5) is 4.28. The summed E-state index contributed by atoms with van der Waals surface area (Å²) in [5.74, 6) is 0.669. The van der Waals surface area contributed by atoms with Crippen molar-refractivity contribution in [3.63, 3.8) is 0 Å². The fraction of sp³-hybridized carbons (Fsp3) is 0.700. The summed E-state index contributed by atoms with van der Waals surface area (Å²) < 4.78 is 0. The lowest BCUT2D eigenvalue weighted by Gasteiger charge is -2.21. The van der Waals surface area contributed by atoms with Gasteiger partial charge in [-0.15, -0.1) is 11.3 Å². The third-order valence-electron chi connectivity index (χ3n) is 2.33. The second-order valence-corrected chi connectivity index (χ2v) is 4.72. The van der Waals surface area contributed by atoms with Crippen LogP contribution in [-0.2, 0) is 0 Å². The van der Waals surface area contributed by atoms with Gasteiger partial charge in [0.15, 0.2) is 0 Å². The molecule has 2 nitrogen and oxygen atoms in total. The van der Waals surface area contributed by atoms with E-state index in [4.69, 9.17) is 0 Å². The van der Waals surface area contributed by atoms with Crippen molar-refractivity contribution in [1.82, 2.24) is 10.3 Å². The highest BCUT2D eigenvalue weighted by Gasteiger charge is 2.13. The van der Waals surface area contributed by atoms with Crippen molar-refractivity contribution in [2.24, 2.45) is 5.92 Å². The largest absolute Gasteiger partial charge is 0.305 e. The highest BCUT2D eigenvalue weighted by Crippen LogP contribution is 2.16. The molecule has 0 radical (unpaired) electrons. The van der Waals surface area contributed by atoms with Gasteiger partial charge in [0.05, 0.1) is 6.04 Å². The fourth-order valence-electron chi connectivity index (χ4n) is 1.11. The van der Waals surface area contributed by atoms with Crippen LogP contribution in [0.4, 0.5) is 0 Å². The molecule has 13 heavy (non-hydrogen) atoms. The highest BCUT2D eigenvalue weighted by atomic mass is 32.1. The molecule has 1 rings (SSSR count). The maximum atomic E-state index is 4.28. The Kier molecular flexibility index (Phi) is 3.88. The van der Waals surface area contributed by atoms with Gasteiger partial charge in [-0.05, 0) is 19.8 Å². The van der Waals surface area contributed by atoms with Crippen LogP contribution in [0.1, 0.15) is 38.7 Å². The number of nitrogens with zero attached hydrogens (tertiary/aromatic N) is 1. The van der Waals surface area contributed by atoms with Crippen LogP contribution in [0.15, 0.2) is 11.6 Å². The van der Waals surface area contributed by atoms with Crippen LogP contribution in [0.3, 0.4) is 0 Å². The molecule has 0 aromatic carbocycles. The molecular weight excluding hydrogens is 180 g/mol. The maximum Gasteiger partial charge on any atom is 0.109 e. The zero-order valence-corrected chi connectivity index (χ0v) is 9.56. The van der Waals surface area contributed by atoms with Crippen molar-refractivity contribution < 1.29 is 0 Å². The summed E-state index contributed by atoms with van der Waals surface area (Å²) in [6.45, 7) is 8.84. The molecule has 0 amide bonds. The lowest BCUT2D eigenvalue weighted by atomic mass is 10.1. The van der Waals surface area contributed by atoms with E-state index in [0.29, 0.717) is 18.0 Å². The number of hydrogen-bond donors (Lipinski definition) is 1. The van der Waals surface area contributed by atoms with E-state index >= 15 is 0 Å². The first kappa shape index (κ1) is 10.7. The fourth-order valence-corrected chi connectivity index (χ4v) is 1.76. The highest BCUT2D eigenvalue weighted by molar-refractivity contribution is 7.09. The smallest absolute Gasteiger partial charge is 0.109 e. The predicted molar refractivity (Wildman–Crippen MR) is 58.0 cm³/mol. The number of thiazole rings is 1. The first-order chi connectivity index (χ1) is 6.11. The van der Waals surface area contributed by atoms with E-state index in [2.05, 4.69) is 38.0 Å². The molecular formula is C10H18N2S. The summed E-state index contributed by atoms with van der Waals surface area (Å²) >= 11 is 1.71. The maximum absolute atomic E-state index is 4.28. The minimum atomic E-state index is 0.373. The normalized spacial score (nSPS) is 16.1. The van der Waals surface area contributed by atoms with E-state index in [1.54, 1.807) is 11.3 Å². The van der Waals surface area contributed by atoms with E-state index in [1.807, 2.05) is 11.6 Å². The lowest BCUT2D eigenvalue weighted by molar-refractivity contribution is 0.388. The first-order valence-electron chi connectivity index (χ1n) is 4.76. The van der Waals surface area contributed by atoms with Gasteiger partial charge in [-0.3, -0.25) is 0 Å². The van der Waals surface area contributed by atoms with Gasteiger partial charge in [-0.25, -0.2) is 4.98 Å². The van der Waals surface area contributed by atoms with Gasteiger partial charge in [-0.1, -0.05) is 13.8 Å². The van der Waals surface area contributed by atoms with Gasteiger partial charge in [0.2, 0.25) is 0 Å². The molecule has 1 N–H and O–H groups in total. The summed E-state index contributed by atoms with van der Waals surface area (Å²) in [5, 5.41) is 6.72. The minimum absolute atomic E-state index is 0.373. The van der Waals surface area contributed by atoms with E-state index in [9.17, 15) is 0 Å². The molecule has 1 heterocycles. The van der Waals surface area contributed by atoms with Gasteiger partial charge in [0.25, 0.3) is 0 Å². The van der Waals surface area contributed by atoms with Gasteiger partial charge in [0, 0.05) is 17.6 Å². The summed E-state index contributed by atoms with van der Waals surface area (Å²) in [5.41, 5.74) is 0. The molecule has 3 heteroatoms. The second-order valence-electron chi connectivity index (χ2n) is 3.79. The zero-order chi connectivity index (χ0) is 9.84. The average Bonchev–Trinajstić information content (AvgIpc) is 2.55. The van der Waals surface area contributed by atoms with Crippen LogP contribution >= 0.6 is 11.3 Å². The zero-order valence-electron chi connectivity index (χ0n) is 8.74. The Hall–Kier alpha value is -0.410. The third kappa shape index (κ3) is 3.08. The summed E-state index contributed by atoms with van der Waals surface area (Å²) in [6.07, 6.45) is 1.86. The van der Waals surface area contributed by atoms with Crippen LogP contribution in [0, 0.1) is 5.92 Å². The quantitative estimate of drug-likeness (QED) is 0.804. The van der Waals surface area contributed by atoms with E-state index < -0.39 is 0 Å². The van der Waals surface area contributed by atoms with Crippen molar-refractivity contribution in [1.29, 1.82) is 0 Å². The van der Waals surface area contributed by atoms with Crippen LogP contribution in [-0.4, -0.2) is 11.0 Å². The molecule has 0 saturated heterocycles. The van der Waals surface area contributed by atoms with Crippen molar-refractivity contribution in [2.45, 2.75) is 39.8 Å². The molecule has 0 aliphatic carbocycles. The van der Waals surface area contributed by atoms with Gasteiger partial charge < -0.3 is 5.32 Å². The summed E-state index contributed by atoms with van der Waals surface area (Å²) in [7, 11) is 0. The Morgan fingerprint density at radius 2 is 2.00 bits per heavy atom. The number of rotatable bonds is 4. The van der Waals surface area contributed by atoms with Crippen LogP contribution in [0.5, 0.6) is 0 Å². The minimum Gasteiger partial charge on any atom is -0.305 e. The molecule has 0 fully saturated rings. The van der Waals surface area contributed by atoms with Crippen LogP contribution in [0.25, 0.3) is 0 Å². The monoisotopic (exact) mass is 198 g/mol. The van der Waals surface area contributed by atoms with Crippen molar-refractivity contribution >= 4 is 11.3 Å². The van der Waals surface area contributed by atoms with E-state index in [0.717, 1.165) is 0 Å². The van der Waals surface area contributed by atoms with Crippen molar-refractivity contribution in [3.8, 4) is 0 Å². The molecule has 1 aromatic heterocycles. The Labute approximate surface area is 84.4 Å². The third-order valence-corrected chi connectivity index (χ3v) is 3.29. The van der Waals surface area contributed by atoms with E-state index in [1.165, 1.54) is 5.01 Å². The molecule has 0 aliphatic rings. The SMILES string of the molecule is CC(NC(C)C(C)C)c1nccs1. The molecule has 2 atom stereocenters. The molecule has 2 unspecified atom stereocenters. The van der Waals surface area contributed by atoms with Crippen molar-refractivity contribution in [2.75, 3.05) is 0 Å². The number of aromatic nitrogens is 1. The molecule has 0 bridgehead atoms. The second kappa shape index (κ2) is 4.72. The average molecular weight is 198 g/mol. The van der Waals surface area contributed by atoms with Gasteiger partial charge >= 0.3 is 0 Å². The first-order valence-corrected chi connectivity index (χ1v) is 5.64. The Balaban J connectivity index is 2.46. The molecule has 1 aromatic rings. The lowest BCUT2D eigenvalue weighted by Crippen LogP contribution is -2.32. The number of nitrogens with one attached hydrogen (secondary N) is 1. The van der Waals surface area contributed by atoms with Gasteiger partial charge in [0.1, 0.15) is 5.01 Å². The van der Waals surface area contributed by atoms with Gasteiger partial charge in [-0.2, -0.15) is 0 Å².